The number of carbonyl (C=O) groups excluding carboxylic acids is 1. The largest absolute Gasteiger partial charge is 0.444 e. The predicted molar refractivity (Wildman–Crippen MR) is 118 cm³/mol. The van der Waals surface area contributed by atoms with Crippen LogP contribution >= 0.6 is 35.0 Å². The zero-order valence-corrected chi connectivity index (χ0v) is 18.7. The van der Waals surface area contributed by atoms with Crippen LogP contribution in [0.3, 0.4) is 0 Å². The number of rotatable bonds is 7. The van der Waals surface area contributed by atoms with Gasteiger partial charge < -0.3 is 19.8 Å². The molecule has 0 aliphatic carbocycles. The minimum Gasteiger partial charge on any atom is -0.444 e. The molecule has 30 heavy (non-hydrogen) atoms. The summed E-state index contributed by atoms with van der Waals surface area (Å²) in [5.41, 5.74) is 1.44. The fourth-order valence-corrected chi connectivity index (χ4v) is 4.69. The minimum absolute atomic E-state index is 0.0341. The maximum absolute atomic E-state index is 12.3. The first kappa shape index (κ1) is 23.2. The molecular formula is C21H24Cl2N2O4S. The fourth-order valence-electron chi connectivity index (χ4n) is 3.14. The second kappa shape index (κ2) is 11.2. The standard InChI is InChI=1S/C21H24Cl2N2O4S/c22-19-16(14-29-21(28)25-9-7-24(8-10-25)11-12-26)5-6-18(20(19)23)30-17-4-2-1-3-15(17)13-27/h1-6,26-27H,7-14H2. The van der Waals surface area contributed by atoms with Gasteiger partial charge in [-0.05, 0) is 17.7 Å². The zero-order valence-electron chi connectivity index (χ0n) is 16.4. The van der Waals surface area contributed by atoms with Crippen molar-refractivity contribution in [1.29, 1.82) is 0 Å². The van der Waals surface area contributed by atoms with Crippen LogP contribution in [0.2, 0.25) is 10.0 Å². The molecular weight excluding hydrogens is 447 g/mol. The van der Waals surface area contributed by atoms with Gasteiger partial charge >= 0.3 is 6.09 Å². The summed E-state index contributed by atoms with van der Waals surface area (Å²) in [6, 6.07) is 11.2. The van der Waals surface area contributed by atoms with Crippen molar-refractivity contribution >= 4 is 41.1 Å². The molecule has 1 fully saturated rings. The summed E-state index contributed by atoms with van der Waals surface area (Å²) in [5.74, 6) is 0. The van der Waals surface area contributed by atoms with Gasteiger partial charge in [0.05, 0.1) is 23.3 Å². The summed E-state index contributed by atoms with van der Waals surface area (Å²) in [4.78, 5) is 17.8. The van der Waals surface area contributed by atoms with E-state index in [9.17, 15) is 9.90 Å². The van der Waals surface area contributed by atoms with Gasteiger partial charge in [0.25, 0.3) is 0 Å². The second-order valence-corrected chi connectivity index (χ2v) is 8.67. The monoisotopic (exact) mass is 470 g/mol. The van der Waals surface area contributed by atoms with Crippen LogP contribution in [0.25, 0.3) is 0 Å². The molecule has 0 unspecified atom stereocenters. The SMILES string of the molecule is O=C(OCc1ccc(Sc2ccccc2CO)c(Cl)c1Cl)N1CCN(CCO)CC1. The first-order chi connectivity index (χ1) is 14.5. The van der Waals surface area contributed by atoms with E-state index in [1.807, 2.05) is 30.3 Å². The Morgan fingerprint density at radius 2 is 1.70 bits per heavy atom. The van der Waals surface area contributed by atoms with E-state index in [1.165, 1.54) is 11.8 Å². The highest BCUT2D eigenvalue weighted by Crippen LogP contribution is 2.40. The highest BCUT2D eigenvalue weighted by Gasteiger charge is 2.22. The molecule has 1 aliphatic heterocycles. The number of halogens is 2. The van der Waals surface area contributed by atoms with Gasteiger partial charge in [0.1, 0.15) is 6.61 Å². The lowest BCUT2D eigenvalue weighted by Gasteiger charge is -2.33. The maximum atomic E-state index is 12.3. The summed E-state index contributed by atoms with van der Waals surface area (Å²) in [6.07, 6.45) is -0.388. The Labute approximate surface area is 190 Å². The lowest BCUT2D eigenvalue weighted by Crippen LogP contribution is -2.49. The van der Waals surface area contributed by atoms with Crippen molar-refractivity contribution < 1.29 is 19.7 Å². The molecule has 0 bridgehead atoms. The first-order valence-corrected chi connectivity index (χ1v) is 11.2. The predicted octanol–water partition coefficient (Wildman–Crippen LogP) is 3.88. The van der Waals surface area contributed by atoms with Gasteiger partial charge in [0, 0.05) is 48.1 Å². The topological polar surface area (TPSA) is 73.2 Å². The van der Waals surface area contributed by atoms with Crippen LogP contribution < -0.4 is 0 Å². The molecule has 3 rings (SSSR count). The Morgan fingerprint density at radius 1 is 0.967 bits per heavy atom. The summed E-state index contributed by atoms with van der Waals surface area (Å²) >= 11 is 14.3. The van der Waals surface area contributed by atoms with Crippen LogP contribution in [-0.2, 0) is 18.0 Å². The molecule has 9 heteroatoms. The fraction of sp³-hybridized carbons (Fsp3) is 0.381. The Balaban J connectivity index is 1.60. The summed E-state index contributed by atoms with van der Waals surface area (Å²) in [7, 11) is 0. The van der Waals surface area contributed by atoms with E-state index >= 15 is 0 Å². The Hall–Kier alpha value is -1.48. The number of piperazine rings is 1. The van der Waals surface area contributed by atoms with Gasteiger partial charge in [-0.15, -0.1) is 0 Å². The highest BCUT2D eigenvalue weighted by molar-refractivity contribution is 7.99. The van der Waals surface area contributed by atoms with E-state index in [-0.39, 0.29) is 25.9 Å². The number of carbonyl (C=O) groups is 1. The number of aliphatic hydroxyl groups excluding tert-OH is 2. The van der Waals surface area contributed by atoms with Crippen molar-refractivity contribution in [2.45, 2.75) is 23.0 Å². The number of hydrogen-bond acceptors (Lipinski definition) is 6. The van der Waals surface area contributed by atoms with Crippen LogP contribution in [-0.4, -0.2) is 65.4 Å². The Kier molecular flexibility index (Phi) is 8.68. The third kappa shape index (κ3) is 5.81. The molecule has 2 N–H and O–H groups in total. The second-order valence-electron chi connectivity index (χ2n) is 6.83. The van der Waals surface area contributed by atoms with E-state index in [0.717, 1.165) is 15.4 Å². The number of hydrogen-bond donors (Lipinski definition) is 2. The molecule has 2 aromatic rings. The number of benzene rings is 2. The lowest BCUT2D eigenvalue weighted by molar-refractivity contribution is 0.0674. The highest BCUT2D eigenvalue weighted by atomic mass is 35.5. The minimum atomic E-state index is -0.388. The molecule has 1 amide bonds. The van der Waals surface area contributed by atoms with Gasteiger partial charge in [-0.25, -0.2) is 4.79 Å². The lowest BCUT2D eigenvalue weighted by atomic mass is 10.2. The van der Waals surface area contributed by atoms with E-state index in [2.05, 4.69) is 4.90 Å². The van der Waals surface area contributed by atoms with Gasteiger partial charge in [-0.1, -0.05) is 59.2 Å². The summed E-state index contributed by atoms with van der Waals surface area (Å²) in [6.45, 7) is 3.25. The van der Waals surface area contributed by atoms with Crippen LogP contribution in [0.1, 0.15) is 11.1 Å². The maximum Gasteiger partial charge on any atom is 0.410 e. The first-order valence-electron chi connectivity index (χ1n) is 9.62. The molecule has 0 radical (unpaired) electrons. The number of aliphatic hydroxyl groups is 2. The van der Waals surface area contributed by atoms with Gasteiger partial charge in [0.15, 0.2) is 0 Å². The molecule has 1 heterocycles. The zero-order chi connectivity index (χ0) is 21.5. The van der Waals surface area contributed by atoms with Crippen LogP contribution in [0.15, 0.2) is 46.2 Å². The number of β-amino-alcohol motifs (C(OH)–C–C–N with tert-alkyl or cyclic N) is 1. The van der Waals surface area contributed by atoms with Crippen LogP contribution in [0.4, 0.5) is 4.79 Å². The Morgan fingerprint density at radius 3 is 2.40 bits per heavy atom. The van der Waals surface area contributed by atoms with E-state index in [4.69, 9.17) is 33.0 Å². The quantitative estimate of drug-likeness (QED) is 0.639. The number of nitrogens with zero attached hydrogens (tertiary/aromatic N) is 2. The van der Waals surface area contributed by atoms with Crippen molar-refractivity contribution in [3.63, 3.8) is 0 Å². The van der Waals surface area contributed by atoms with Crippen molar-refractivity contribution in [3.8, 4) is 0 Å². The van der Waals surface area contributed by atoms with Gasteiger partial charge in [0.2, 0.25) is 0 Å². The number of amides is 1. The van der Waals surface area contributed by atoms with Crippen molar-refractivity contribution in [1.82, 2.24) is 9.80 Å². The normalized spacial score (nSPS) is 14.7. The average molecular weight is 471 g/mol. The molecule has 2 aromatic carbocycles. The van der Waals surface area contributed by atoms with E-state index in [1.54, 1.807) is 11.0 Å². The smallest absolute Gasteiger partial charge is 0.410 e. The third-order valence-corrected chi connectivity index (χ3v) is 7.10. The van der Waals surface area contributed by atoms with Crippen LogP contribution in [0.5, 0.6) is 0 Å². The molecule has 1 saturated heterocycles. The Bertz CT molecular complexity index is 876. The molecule has 0 saturated carbocycles. The molecule has 0 atom stereocenters. The van der Waals surface area contributed by atoms with Crippen molar-refractivity contribution in [2.24, 2.45) is 0 Å². The molecule has 162 valence electrons. The number of ether oxygens (including phenoxy) is 1. The van der Waals surface area contributed by atoms with Crippen molar-refractivity contribution in [3.05, 3.63) is 57.6 Å². The third-order valence-electron chi connectivity index (χ3n) is 4.89. The average Bonchev–Trinajstić information content (AvgIpc) is 2.77. The summed E-state index contributed by atoms with van der Waals surface area (Å²) in [5, 5.41) is 19.2. The molecule has 0 spiro atoms. The van der Waals surface area contributed by atoms with E-state index in [0.29, 0.717) is 48.3 Å². The van der Waals surface area contributed by atoms with Crippen molar-refractivity contribution in [2.75, 3.05) is 39.3 Å². The molecule has 0 aromatic heterocycles. The van der Waals surface area contributed by atoms with Gasteiger partial charge in [-0.3, -0.25) is 4.90 Å². The summed E-state index contributed by atoms with van der Waals surface area (Å²) < 4.78 is 5.43. The van der Waals surface area contributed by atoms with E-state index < -0.39 is 0 Å². The molecule has 6 nitrogen and oxygen atoms in total. The van der Waals surface area contributed by atoms with Gasteiger partial charge in [-0.2, -0.15) is 0 Å². The van der Waals surface area contributed by atoms with Crippen LogP contribution in [0, 0.1) is 0 Å². The molecule has 1 aliphatic rings.